The summed E-state index contributed by atoms with van der Waals surface area (Å²) in [7, 11) is 4.05. The maximum atomic E-state index is 12.0. The van der Waals surface area contributed by atoms with Crippen molar-refractivity contribution in [2.24, 2.45) is 11.1 Å². The number of nitrogens with two attached hydrogens (primary N) is 1. The fourth-order valence-corrected chi connectivity index (χ4v) is 3.51. The first-order valence-corrected chi connectivity index (χ1v) is 10.3. The number of ether oxygens (including phenoxy) is 1. The van der Waals surface area contributed by atoms with E-state index in [0.29, 0.717) is 29.2 Å². The van der Waals surface area contributed by atoms with Gasteiger partial charge in [-0.1, -0.05) is 26.8 Å². The monoisotopic (exact) mass is 425 g/mol. The van der Waals surface area contributed by atoms with Gasteiger partial charge in [0, 0.05) is 23.2 Å². The first kappa shape index (κ1) is 24.2. The molecular formula is C24H33N4O3-. The van der Waals surface area contributed by atoms with Crippen LogP contribution in [0.25, 0.3) is 0 Å². The maximum Gasteiger partial charge on any atom is 0.122 e. The van der Waals surface area contributed by atoms with Crippen molar-refractivity contribution in [3.63, 3.8) is 0 Å². The van der Waals surface area contributed by atoms with Crippen LogP contribution in [0, 0.1) is 10.8 Å². The lowest BCUT2D eigenvalue weighted by Crippen LogP contribution is -2.34. The van der Waals surface area contributed by atoms with Crippen LogP contribution in [0.2, 0.25) is 0 Å². The number of carboxylic acids is 1. The number of hydrogen-bond donors (Lipinski definition) is 3. The molecule has 1 unspecified atom stereocenters. The van der Waals surface area contributed by atoms with Crippen molar-refractivity contribution in [2.75, 3.05) is 32.6 Å². The molecule has 0 aliphatic rings. The summed E-state index contributed by atoms with van der Waals surface area (Å²) in [5, 5.41) is 22.4. The highest BCUT2D eigenvalue weighted by Crippen LogP contribution is 2.27. The first-order chi connectivity index (χ1) is 14.5. The van der Waals surface area contributed by atoms with Gasteiger partial charge in [-0.15, -0.1) is 0 Å². The van der Waals surface area contributed by atoms with Gasteiger partial charge < -0.3 is 30.6 Å². The molecule has 7 heteroatoms. The highest BCUT2D eigenvalue weighted by Gasteiger charge is 2.21. The van der Waals surface area contributed by atoms with E-state index in [-0.39, 0.29) is 11.3 Å². The molecule has 0 aliphatic carbocycles. The molecule has 2 aromatic rings. The fourth-order valence-electron chi connectivity index (χ4n) is 3.51. The molecule has 0 spiro atoms. The molecule has 0 aromatic heterocycles. The molecule has 0 radical (unpaired) electrons. The van der Waals surface area contributed by atoms with E-state index in [1.165, 1.54) is 0 Å². The lowest BCUT2D eigenvalue weighted by atomic mass is 9.94. The first-order valence-electron chi connectivity index (χ1n) is 10.3. The highest BCUT2D eigenvalue weighted by atomic mass is 16.5. The van der Waals surface area contributed by atoms with Gasteiger partial charge in [0.05, 0.1) is 18.6 Å². The molecule has 7 nitrogen and oxygen atoms in total. The largest absolute Gasteiger partial charge is 0.548 e. The molecule has 2 aromatic carbocycles. The minimum atomic E-state index is -1.23. The summed E-state index contributed by atoms with van der Waals surface area (Å²) in [4.78, 5) is 14.1. The number of nitrogens with one attached hydrogen (secondary N) is 2. The number of nitrogens with zero attached hydrogens (tertiary/aromatic N) is 1. The third-order valence-electron chi connectivity index (χ3n) is 4.85. The van der Waals surface area contributed by atoms with Gasteiger partial charge in [-0.25, -0.2) is 0 Å². The third kappa shape index (κ3) is 7.29. The standard InChI is InChI=1S/C24H34N4O3/c1-6-16-11-18(13-20(12-16)31-15-24(2,3)14-28(4)5)21(23(29)30)27-19-9-7-17(8-10-19)22(25)26/h7-13,21,27H,6,14-15H2,1-5H3,(H3,25,26)(H,29,30)/p-1. The molecule has 0 amide bonds. The number of carboxylic acid groups (broad SMARTS) is 1. The fraction of sp³-hybridized carbons (Fsp3) is 0.417. The van der Waals surface area contributed by atoms with E-state index < -0.39 is 12.0 Å². The van der Waals surface area contributed by atoms with Gasteiger partial charge in [0.15, 0.2) is 0 Å². The second-order valence-corrected chi connectivity index (χ2v) is 8.84. The van der Waals surface area contributed by atoms with Gasteiger partial charge in [-0.3, -0.25) is 5.41 Å². The average Bonchev–Trinajstić information content (AvgIpc) is 2.69. The van der Waals surface area contributed by atoms with Crippen molar-refractivity contribution in [3.8, 4) is 5.75 Å². The third-order valence-corrected chi connectivity index (χ3v) is 4.85. The van der Waals surface area contributed by atoms with Crippen LogP contribution in [0.5, 0.6) is 5.75 Å². The molecule has 0 saturated heterocycles. The zero-order chi connectivity index (χ0) is 23.2. The molecule has 168 valence electrons. The van der Waals surface area contributed by atoms with E-state index in [9.17, 15) is 9.90 Å². The number of carbonyl (C=O) groups excluding carboxylic acids is 1. The predicted molar refractivity (Wildman–Crippen MR) is 122 cm³/mol. The van der Waals surface area contributed by atoms with Crippen LogP contribution in [-0.2, 0) is 11.2 Å². The number of amidine groups is 1. The van der Waals surface area contributed by atoms with Crippen LogP contribution in [0.4, 0.5) is 5.69 Å². The van der Waals surface area contributed by atoms with E-state index in [4.69, 9.17) is 15.9 Å². The lowest BCUT2D eigenvalue weighted by Gasteiger charge is -2.28. The Balaban J connectivity index is 2.27. The van der Waals surface area contributed by atoms with Crippen LogP contribution < -0.4 is 20.9 Å². The van der Waals surface area contributed by atoms with E-state index in [1.54, 1.807) is 30.3 Å². The van der Waals surface area contributed by atoms with E-state index in [2.05, 4.69) is 24.1 Å². The Kier molecular flexibility index (Phi) is 8.05. The molecule has 0 saturated carbocycles. The van der Waals surface area contributed by atoms with Crippen LogP contribution in [0.3, 0.4) is 0 Å². The van der Waals surface area contributed by atoms with Gasteiger partial charge in [0.25, 0.3) is 0 Å². The molecule has 0 heterocycles. The number of aryl methyl sites for hydroxylation is 1. The van der Waals surface area contributed by atoms with Crippen LogP contribution in [-0.4, -0.2) is 44.0 Å². The normalized spacial score (nSPS) is 12.5. The summed E-state index contributed by atoms with van der Waals surface area (Å²) >= 11 is 0. The number of benzene rings is 2. The summed E-state index contributed by atoms with van der Waals surface area (Å²) in [5.74, 6) is -0.637. The van der Waals surface area contributed by atoms with Gasteiger partial charge in [-0.2, -0.15) is 0 Å². The van der Waals surface area contributed by atoms with Crippen LogP contribution in [0.1, 0.15) is 43.5 Å². The molecule has 31 heavy (non-hydrogen) atoms. The number of rotatable bonds is 11. The average molecular weight is 426 g/mol. The summed E-state index contributed by atoms with van der Waals surface area (Å²) < 4.78 is 6.07. The molecular weight excluding hydrogens is 392 g/mol. The Morgan fingerprint density at radius 2 is 1.87 bits per heavy atom. The van der Waals surface area contributed by atoms with E-state index in [1.807, 2.05) is 33.2 Å². The second-order valence-electron chi connectivity index (χ2n) is 8.84. The number of carbonyl (C=O) groups is 1. The van der Waals surface area contributed by atoms with Crippen molar-refractivity contribution in [1.82, 2.24) is 4.90 Å². The number of anilines is 1. The predicted octanol–water partition coefficient (Wildman–Crippen LogP) is 2.40. The van der Waals surface area contributed by atoms with Crippen LogP contribution >= 0.6 is 0 Å². The SMILES string of the molecule is CCc1cc(OCC(C)(C)CN(C)C)cc(C(Nc2ccc(C(=N)N)cc2)C(=O)[O-])c1. The second kappa shape index (κ2) is 10.3. The van der Waals surface area contributed by atoms with Gasteiger partial charge in [0.1, 0.15) is 11.6 Å². The Morgan fingerprint density at radius 1 is 1.23 bits per heavy atom. The number of nitrogen functional groups attached to an aromatic ring is 1. The van der Waals surface area contributed by atoms with Crippen molar-refractivity contribution in [3.05, 3.63) is 59.2 Å². The van der Waals surface area contributed by atoms with Crippen LogP contribution in [0.15, 0.2) is 42.5 Å². The Hall–Kier alpha value is -3.06. The zero-order valence-corrected chi connectivity index (χ0v) is 19.0. The smallest absolute Gasteiger partial charge is 0.122 e. The minimum absolute atomic E-state index is 0.0439. The molecule has 2 rings (SSSR count). The van der Waals surface area contributed by atoms with Crippen molar-refractivity contribution >= 4 is 17.5 Å². The number of hydrogen-bond acceptors (Lipinski definition) is 6. The summed E-state index contributed by atoms with van der Waals surface area (Å²) in [6.07, 6.45) is 0.748. The maximum absolute atomic E-state index is 12.0. The Morgan fingerprint density at radius 3 is 2.39 bits per heavy atom. The Bertz CT molecular complexity index is 908. The highest BCUT2D eigenvalue weighted by molar-refractivity contribution is 5.95. The van der Waals surface area contributed by atoms with Gasteiger partial charge in [-0.05, 0) is 68.0 Å². The summed E-state index contributed by atoms with van der Waals surface area (Å²) in [6, 6.07) is 11.2. The van der Waals surface area contributed by atoms with E-state index >= 15 is 0 Å². The molecule has 0 aliphatic heterocycles. The summed E-state index contributed by atoms with van der Waals surface area (Å²) in [5.41, 5.74) is 8.13. The topological polar surface area (TPSA) is 114 Å². The van der Waals surface area contributed by atoms with Gasteiger partial charge in [0.2, 0.25) is 0 Å². The minimum Gasteiger partial charge on any atom is -0.548 e. The van der Waals surface area contributed by atoms with Crippen molar-refractivity contribution in [2.45, 2.75) is 33.2 Å². The molecule has 0 fully saturated rings. The van der Waals surface area contributed by atoms with Crippen molar-refractivity contribution < 1.29 is 14.6 Å². The summed E-state index contributed by atoms with van der Waals surface area (Å²) in [6.45, 7) is 7.66. The molecule has 0 bridgehead atoms. The Labute approximate surface area is 184 Å². The molecule has 4 N–H and O–H groups in total. The lowest BCUT2D eigenvalue weighted by molar-refractivity contribution is -0.307. The number of aliphatic carboxylic acids is 1. The quantitative estimate of drug-likeness (QED) is 0.376. The van der Waals surface area contributed by atoms with Gasteiger partial charge >= 0.3 is 0 Å². The van der Waals surface area contributed by atoms with E-state index in [0.717, 1.165) is 18.5 Å². The zero-order valence-electron chi connectivity index (χ0n) is 19.0. The van der Waals surface area contributed by atoms with Crippen molar-refractivity contribution in [1.29, 1.82) is 5.41 Å². The molecule has 1 atom stereocenters.